The Morgan fingerprint density at radius 2 is 1.79 bits per heavy atom. The molecule has 2 aromatic rings. The Bertz CT molecular complexity index is 1620. The molecule has 39 heavy (non-hydrogen) atoms. The summed E-state index contributed by atoms with van der Waals surface area (Å²) in [4.78, 5) is 35.6. The summed E-state index contributed by atoms with van der Waals surface area (Å²) in [6.45, 7) is 0.342. The van der Waals surface area contributed by atoms with Gasteiger partial charge in [-0.1, -0.05) is 6.07 Å². The Kier molecular flexibility index (Phi) is 7.57. The summed E-state index contributed by atoms with van der Waals surface area (Å²) >= 11 is 5.27. The number of hydrogen-bond acceptors (Lipinski definition) is 8. The molecule has 0 saturated carbocycles. The monoisotopic (exact) mass is 550 g/mol. The fourth-order valence-electron chi connectivity index (χ4n) is 4.41. The summed E-state index contributed by atoms with van der Waals surface area (Å²) < 4.78 is 11.9. The number of quaternary nitrogens is 1. The Labute approximate surface area is 228 Å². The first-order chi connectivity index (χ1) is 18.3. The Morgan fingerprint density at radius 3 is 2.46 bits per heavy atom. The number of aromatic carboxylic acids is 1. The second kappa shape index (κ2) is 10.7. The lowest BCUT2D eigenvalue weighted by atomic mass is 9.90. The molecule has 1 aliphatic heterocycles. The highest BCUT2D eigenvalue weighted by Crippen LogP contribution is 2.42. The molecule has 4 rings (SSSR count). The van der Waals surface area contributed by atoms with Gasteiger partial charge < -0.3 is 39.1 Å². The van der Waals surface area contributed by atoms with E-state index in [1.54, 1.807) is 24.3 Å². The molecule has 0 aromatic heterocycles. The van der Waals surface area contributed by atoms with Crippen LogP contribution in [0, 0.1) is 0 Å². The van der Waals surface area contributed by atoms with Crippen molar-refractivity contribution in [1.29, 1.82) is 0 Å². The number of aromatic hydroxyl groups is 1. The molecule has 0 radical (unpaired) electrons. The van der Waals surface area contributed by atoms with Crippen molar-refractivity contribution in [2.24, 2.45) is 0 Å². The number of phenols is 1. The number of ether oxygens (including phenoxy) is 1. The lowest BCUT2D eigenvalue weighted by Crippen LogP contribution is -2.45. The van der Waals surface area contributed by atoms with Gasteiger partial charge in [0.2, 0.25) is 0 Å². The van der Waals surface area contributed by atoms with Crippen LogP contribution in [0.1, 0.15) is 16.8 Å². The fourth-order valence-corrected chi connectivity index (χ4v) is 4.66. The van der Waals surface area contributed by atoms with E-state index in [9.17, 15) is 29.7 Å². The standard InChI is InChI=1S/C28H26N2O8S/c1-30(2,3)14-18(13-25(33)34)37-28(39)29-15-4-7-19(22(10-15)27(35)36)26-20-8-5-16(31)11-23(20)38-24-12-17(32)6-9-21(24)26/h4-12,18H,13-14H2,1-3H3,(H3-,29,31,32,33,34,35,36,39). The van der Waals surface area contributed by atoms with Crippen molar-refractivity contribution >= 4 is 46.0 Å². The number of carbonyl (C=O) groups excluding carboxylic acids is 1. The van der Waals surface area contributed by atoms with E-state index >= 15 is 0 Å². The third kappa shape index (κ3) is 6.51. The fraction of sp³-hybridized carbons (Fsp3) is 0.214. The van der Waals surface area contributed by atoms with Crippen LogP contribution >= 0.6 is 12.2 Å². The molecule has 2 aromatic carbocycles. The first kappa shape index (κ1) is 27.6. The highest BCUT2D eigenvalue weighted by atomic mass is 32.1. The van der Waals surface area contributed by atoms with Gasteiger partial charge in [-0.15, -0.1) is 0 Å². The number of carboxylic acids is 2. The van der Waals surface area contributed by atoms with Crippen LogP contribution in [0.15, 0.2) is 63.8 Å². The summed E-state index contributed by atoms with van der Waals surface area (Å²) in [7, 11) is 5.64. The van der Waals surface area contributed by atoms with Gasteiger partial charge >= 0.3 is 5.97 Å². The molecular formula is C28H26N2O8S. The summed E-state index contributed by atoms with van der Waals surface area (Å²) in [6.07, 6.45) is -1.13. The van der Waals surface area contributed by atoms with Gasteiger partial charge in [-0.05, 0) is 54.2 Å². The predicted molar refractivity (Wildman–Crippen MR) is 147 cm³/mol. The number of carbonyl (C=O) groups is 2. The second-order valence-corrected chi connectivity index (χ2v) is 10.5. The van der Waals surface area contributed by atoms with Gasteiger partial charge in [0.25, 0.3) is 5.17 Å². The maximum absolute atomic E-state index is 12.4. The number of nitrogens with zero attached hydrogens (tertiary/aromatic N) is 1. The summed E-state index contributed by atoms with van der Waals surface area (Å²) in [5.74, 6) is -2.31. The number of nitrogens with one attached hydrogen (secondary N) is 1. The zero-order valence-corrected chi connectivity index (χ0v) is 22.2. The number of phenolic OH excluding ortho intramolecular Hbond substituents is 1. The zero-order chi connectivity index (χ0) is 28.5. The number of anilines is 1. The largest absolute Gasteiger partial charge is 0.550 e. The lowest BCUT2D eigenvalue weighted by Gasteiger charge is -2.29. The van der Waals surface area contributed by atoms with Crippen LogP contribution in [0.4, 0.5) is 5.69 Å². The van der Waals surface area contributed by atoms with Gasteiger partial charge in [-0.25, -0.2) is 4.79 Å². The second-order valence-electron chi connectivity index (χ2n) is 10.1. The van der Waals surface area contributed by atoms with Crippen LogP contribution in [0.25, 0.3) is 33.4 Å². The van der Waals surface area contributed by atoms with E-state index in [0.29, 0.717) is 38.8 Å². The Morgan fingerprint density at radius 1 is 1.08 bits per heavy atom. The molecule has 0 saturated heterocycles. The van der Waals surface area contributed by atoms with Gasteiger partial charge in [0.1, 0.15) is 23.6 Å². The average Bonchev–Trinajstić information content (AvgIpc) is 2.80. The average molecular weight is 551 g/mol. The Balaban J connectivity index is 1.75. The van der Waals surface area contributed by atoms with E-state index in [1.807, 2.05) is 21.1 Å². The van der Waals surface area contributed by atoms with Crippen molar-refractivity contribution in [3.8, 4) is 28.2 Å². The minimum absolute atomic E-state index is 0.0522. The molecule has 10 nitrogen and oxygen atoms in total. The van der Waals surface area contributed by atoms with E-state index in [2.05, 4.69) is 5.32 Å². The minimum atomic E-state index is -1.28. The quantitative estimate of drug-likeness (QED) is 0.170. The van der Waals surface area contributed by atoms with Crippen LogP contribution in [0.2, 0.25) is 0 Å². The number of carboxylic acid groups (broad SMARTS) is 2. The molecule has 3 N–H and O–H groups in total. The van der Waals surface area contributed by atoms with Crippen LogP contribution < -0.4 is 15.9 Å². The molecule has 0 fully saturated rings. The topological polar surface area (TPSA) is 149 Å². The normalized spacial score (nSPS) is 12.3. The molecule has 0 amide bonds. The number of aliphatic carboxylic acids is 1. The molecule has 0 bridgehead atoms. The van der Waals surface area contributed by atoms with Crippen LogP contribution in [-0.2, 0) is 9.53 Å². The molecule has 0 spiro atoms. The molecule has 1 heterocycles. The summed E-state index contributed by atoms with van der Waals surface area (Å²) in [5.41, 5.74) is 1.58. The van der Waals surface area contributed by atoms with Gasteiger partial charge in [0.05, 0.1) is 26.7 Å². The first-order valence-corrected chi connectivity index (χ1v) is 12.3. The number of thiocarbonyl (C=S) groups is 1. The predicted octanol–water partition coefficient (Wildman–Crippen LogP) is 2.90. The van der Waals surface area contributed by atoms with E-state index in [4.69, 9.17) is 21.4 Å². The number of benzene rings is 3. The molecule has 1 atom stereocenters. The van der Waals surface area contributed by atoms with Crippen molar-refractivity contribution in [2.75, 3.05) is 33.0 Å². The SMILES string of the molecule is C[N+](C)(C)CC(CC(=O)[O-])OC(=S)Nc1ccc(-c2c3ccc(=O)cc-3oc3cc(O)ccc23)c(C(=O)O)c1. The number of fused-ring (bicyclic) bond motifs is 2. The summed E-state index contributed by atoms with van der Waals surface area (Å²) in [5, 5.41) is 34.5. The number of rotatable bonds is 8. The number of likely N-dealkylation sites (N-methyl/N-ethyl adjacent to an activating group) is 1. The maximum atomic E-state index is 12.4. The van der Waals surface area contributed by atoms with Gasteiger partial charge in [-0.2, -0.15) is 0 Å². The van der Waals surface area contributed by atoms with E-state index in [0.717, 1.165) is 0 Å². The third-order valence-corrected chi connectivity index (χ3v) is 6.06. The van der Waals surface area contributed by atoms with Crippen LogP contribution in [0.3, 0.4) is 0 Å². The zero-order valence-electron chi connectivity index (χ0n) is 21.4. The smallest absolute Gasteiger partial charge is 0.336 e. The van der Waals surface area contributed by atoms with Crippen molar-refractivity contribution < 1.29 is 38.5 Å². The lowest BCUT2D eigenvalue weighted by molar-refractivity contribution is -0.873. The maximum Gasteiger partial charge on any atom is 0.336 e. The van der Waals surface area contributed by atoms with E-state index < -0.39 is 18.0 Å². The molecule has 2 aliphatic rings. The molecule has 1 aliphatic carbocycles. The molecular weight excluding hydrogens is 524 g/mol. The first-order valence-electron chi connectivity index (χ1n) is 11.9. The molecule has 11 heteroatoms. The molecule has 1 unspecified atom stereocenters. The minimum Gasteiger partial charge on any atom is -0.550 e. The third-order valence-electron chi connectivity index (χ3n) is 5.86. The van der Waals surface area contributed by atoms with Crippen molar-refractivity contribution in [3.05, 3.63) is 70.4 Å². The summed E-state index contributed by atoms with van der Waals surface area (Å²) in [6, 6.07) is 13.3. The van der Waals surface area contributed by atoms with Gasteiger partial charge in [0, 0.05) is 46.7 Å². The highest BCUT2D eigenvalue weighted by Gasteiger charge is 2.24. The van der Waals surface area contributed by atoms with Crippen molar-refractivity contribution in [2.45, 2.75) is 12.5 Å². The van der Waals surface area contributed by atoms with E-state index in [-0.39, 0.29) is 39.7 Å². The van der Waals surface area contributed by atoms with E-state index in [1.165, 1.54) is 30.3 Å². The van der Waals surface area contributed by atoms with Gasteiger partial charge in [-0.3, -0.25) is 4.79 Å². The van der Waals surface area contributed by atoms with Crippen LogP contribution in [-0.4, -0.2) is 65.6 Å². The Hall–Kier alpha value is -4.48. The van der Waals surface area contributed by atoms with Crippen LogP contribution in [0.5, 0.6) is 5.75 Å². The highest BCUT2D eigenvalue weighted by molar-refractivity contribution is 7.80. The van der Waals surface area contributed by atoms with Crippen molar-refractivity contribution in [3.63, 3.8) is 0 Å². The van der Waals surface area contributed by atoms with Crippen molar-refractivity contribution in [1.82, 2.24) is 0 Å². The van der Waals surface area contributed by atoms with Gasteiger partial charge in [0.15, 0.2) is 11.5 Å². The number of hydrogen-bond donors (Lipinski definition) is 3. The molecule has 202 valence electrons.